The Kier molecular flexibility index (Phi) is 5.54. The van der Waals surface area contributed by atoms with Gasteiger partial charge in [0.2, 0.25) is 5.60 Å². The van der Waals surface area contributed by atoms with Gasteiger partial charge >= 0.3 is 0 Å². The maximum Gasteiger partial charge on any atom is 0.269 e. The molecule has 9 nitrogen and oxygen atoms in total. The molecule has 0 aliphatic carbocycles. The Morgan fingerprint density at radius 1 is 1.29 bits per heavy atom. The molecule has 3 N–H and O–H groups in total. The van der Waals surface area contributed by atoms with Gasteiger partial charge in [0.1, 0.15) is 24.0 Å². The normalized spacial score (nSPS) is 22.0. The highest BCUT2D eigenvalue weighted by molar-refractivity contribution is 5.93. The van der Waals surface area contributed by atoms with Gasteiger partial charge in [-0.25, -0.2) is 9.37 Å². The molecule has 1 aromatic carbocycles. The van der Waals surface area contributed by atoms with Crippen molar-refractivity contribution in [3.8, 4) is 29.0 Å². The van der Waals surface area contributed by atoms with E-state index in [1.54, 1.807) is 7.05 Å². The lowest BCUT2D eigenvalue weighted by Gasteiger charge is -2.17. The van der Waals surface area contributed by atoms with Crippen LogP contribution in [0.5, 0.6) is 5.75 Å². The summed E-state index contributed by atoms with van der Waals surface area (Å²) in [6, 6.07) is 2.71. The number of amides is 2. The van der Waals surface area contributed by atoms with Gasteiger partial charge in [-0.3, -0.25) is 14.5 Å². The average Bonchev–Trinajstić information content (AvgIpc) is 3.47. The first-order valence-corrected chi connectivity index (χ1v) is 11.4. The lowest BCUT2D eigenvalue weighted by molar-refractivity contribution is -0.137. The Bertz CT molecular complexity index is 1240. The number of halogens is 1. The van der Waals surface area contributed by atoms with Gasteiger partial charge < -0.3 is 25.0 Å². The zero-order chi connectivity index (χ0) is 24.0. The summed E-state index contributed by atoms with van der Waals surface area (Å²) in [5.74, 6) is 4.16. The number of carbonyl (C=O) groups is 2. The molecule has 1 aromatic heterocycles. The van der Waals surface area contributed by atoms with Crippen molar-refractivity contribution in [3.63, 3.8) is 0 Å². The van der Waals surface area contributed by atoms with Crippen LogP contribution in [0.25, 0.3) is 11.4 Å². The first-order valence-electron chi connectivity index (χ1n) is 11.4. The number of imidazole rings is 1. The highest BCUT2D eigenvalue weighted by Crippen LogP contribution is 2.36. The van der Waals surface area contributed by atoms with E-state index < -0.39 is 23.2 Å². The van der Waals surface area contributed by atoms with E-state index >= 15 is 0 Å². The van der Waals surface area contributed by atoms with Crippen molar-refractivity contribution in [2.24, 2.45) is 5.73 Å². The number of aromatic nitrogens is 2. The predicted molar refractivity (Wildman–Crippen MR) is 120 cm³/mol. The molecule has 3 aliphatic rings. The van der Waals surface area contributed by atoms with E-state index in [2.05, 4.69) is 21.7 Å². The molecule has 10 heteroatoms. The van der Waals surface area contributed by atoms with Crippen LogP contribution in [0.4, 0.5) is 4.39 Å². The summed E-state index contributed by atoms with van der Waals surface area (Å²) in [5.41, 5.74) is 5.20. The smallest absolute Gasteiger partial charge is 0.269 e. The molecule has 0 saturated carbocycles. The third-order valence-corrected chi connectivity index (χ3v) is 6.67. The molecule has 0 spiro atoms. The molecule has 1 unspecified atom stereocenters. The Morgan fingerprint density at radius 3 is 2.74 bits per heavy atom. The summed E-state index contributed by atoms with van der Waals surface area (Å²) >= 11 is 0. The fourth-order valence-electron chi connectivity index (χ4n) is 4.78. The summed E-state index contributed by atoms with van der Waals surface area (Å²) < 4.78 is 22.6. The molecule has 1 atom stereocenters. The number of fused-ring (bicyclic) bond motifs is 3. The lowest BCUT2D eigenvalue weighted by Crippen LogP contribution is -2.37. The van der Waals surface area contributed by atoms with Crippen LogP contribution < -0.4 is 10.5 Å². The summed E-state index contributed by atoms with van der Waals surface area (Å²) in [6.07, 6.45) is 2.35. The molecule has 2 amide bonds. The topological polar surface area (TPSA) is 114 Å². The first-order chi connectivity index (χ1) is 16.3. The maximum absolute atomic E-state index is 14.9. The second kappa shape index (κ2) is 8.42. The SMILES string of the molecule is CN1CCC(O)(C#Cc2cc3c(cc2F)OCCn2c-3nc(C(N)=O)c2CN2CCCC2)C1=O. The molecule has 2 saturated heterocycles. The number of benzene rings is 1. The zero-order valence-corrected chi connectivity index (χ0v) is 18.9. The quantitative estimate of drug-likeness (QED) is 0.643. The minimum atomic E-state index is -1.84. The largest absolute Gasteiger partial charge is 0.491 e. The van der Waals surface area contributed by atoms with Crippen LogP contribution in [0.3, 0.4) is 0 Å². The minimum Gasteiger partial charge on any atom is -0.491 e. The Labute approximate surface area is 196 Å². The van der Waals surface area contributed by atoms with Crippen molar-refractivity contribution in [1.82, 2.24) is 19.4 Å². The van der Waals surface area contributed by atoms with E-state index in [4.69, 9.17) is 10.5 Å². The highest BCUT2D eigenvalue weighted by Gasteiger charge is 2.42. The van der Waals surface area contributed by atoms with Gasteiger partial charge in [0.05, 0.1) is 23.4 Å². The van der Waals surface area contributed by atoms with Crippen LogP contribution >= 0.6 is 0 Å². The number of ether oxygens (including phenoxy) is 1. The average molecular weight is 468 g/mol. The van der Waals surface area contributed by atoms with Gasteiger partial charge in [-0.1, -0.05) is 11.8 Å². The number of carbonyl (C=O) groups excluding carboxylic acids is 2. The van der Waals surface area contributed by atoms with Crippen molar-refractivity contribution in [1.29, 1.82) is 0 Å². The number of likely N-dealkylation sites (tertiary alicyclic amines) is 2. The van der Waals surface area contributed by atoms with Crippen molar-refractivity contribution >= 4 is 11.8 Å². The van der Waals surface area contributed by atoms with Gasteiger partial charge in [-0.15, -0.1) is 0 Å². The van der Waals surface area contributed by atoms with E-state index in [-0.39, 0.29) is 30.0 Å². The number of nitrogens with two attached hydrogens (primary N) is 1. The minimum absolute atomic E-state index is 0.00343. The van der Waals surface area contributed by atoms with E-state index in [1.165, 1.54) is 17.0 Å². The van der Waals surface area contributed by atoms with E-state index in [9.17, 15) is 19.1 Å². The molecular formula is C24H26FN5O4. The second-order valence-electron chi connectivity index (χ2n) is 8.99. The van der Waals surface area contributed by atoms with E-state index in [1.807, 2.05) is 4.57 Å². The lowest BCUT2D eigenvalue weighted by atomic mass is 10.0. The third kappa shape index (κ3) is 3.81. The van der Waals surface area contributed by atoms with Crippen LogP contribution in [-0.2, 0) is 17.9 Å². The van der Waals surface area contributed by atoms with Crippen LogP contribution in [0.1, 0.15) is 41.0 Å². The first kappa shape index (κ1) is 22.4. The Morgan fingerprint density at radius 2 is 2.06 bits per heavy atom. The third-order valence-electron chi connectivity index (χ3n) is 6.67. The molecular weight excluding hydrogens is 441 g/mol. The van der Waals surface area contributed by atoms with E-state index in [0.29, 0.717) is 36.7 Å². The zero-order valence-electron chi connectivity index (χ0n) is 18.9. The van der Waals surface area contributed by atoms with Gasteiger partial charge in [-0.2, -0.15) is 0 Å². The molecule has 0 bridgehead atoms. The van der Waals surface area contributed by atoms with Gasteiger partial charge in [0.25, 0.3) is 11.8 Å². The standard InChI is InChI=1S/C24H26FN5O4/c1-28-9-6-24(33,23(28)32)5-4-15-12-16-19(13-17(15)25)34-11-10-30-18(14-29-7-2-3-8-29)20(21(26)31)27-22(16)30/h12-13,33H,2-3,6-11,14H2,1H3,(H2,26,31). The highest BCUT2D eigenvalue weighted by atomic mass is 19.1. The fraction of sp³-hybridized carbons (Fsp3) is 0.458. The number of rotatable bonds is 3. The van der Waals surface area contributed by atoms with Crippen molar-refractivity contribution in [2.75, 3.05) is 33.3 Å². The molecule has 3 aliphatic heterocycles. The van der Waals surface area contributed by atoms with Gasteiger partial charge in [0.15, 0.2) is 5.69 Å². The van der Waals surface area contributed by atoms with Crippen LogP contribution in [0, 0.1) is 17.7 Å². The molecule has 0 radical (unpaired) electrons. The van der Waals surface area contributed by atoms with Crippen LogP contribution in [-0.4, -0.2) is 75.2 Å². The second-order valence-corrected chi connectivity index (χ2v) is 8.99. The number of aliphatic hydroxyl groups is 1. The fourth-order valence-corrected chi connectivity index (χ4v) is 4.78. The number of nitrogens with zero attached hydrogens (tertiary/aromatic N) is 4. The van der Waals surface area contributed by atoms with Crippen LogP contribution in [0.2, 0.25) is 0 Å². The summed E-state index contributed by atoms with van der Waals surface area (Å²) in [7, 11) is 1.58. The molecule has 2 fully saturated rings. The molecule has 2 aromatic rings. The number of primary amides is 1. The summed E-state index contributed by atoms with van der Waals surface area (Å²) in [4.78, 5) is 32.6. The Hall–Kier alpha value is -3.42. The monoisotopic (exact) mass is 467 g/mol. The van der Waals surface area contributed by atoms with Gasteiger partial charge in [-0.05, 0) is 32.0 Å². The molecule has 5 rings (SSSR count). The summed E-state index contributed by atoms with van der Waals surface area (Å²) in [5, 5.41) is 10.6. The number of hydrogen-bond acceptors (Lipinski definition) is 6. The Balaban J connectivity index is 1.58. The summed E-state index contributed by atoms with van der Waals surface area (Å²) in [6.45, 7) is 3.49. The molecule has 34 heavy (non-hydrogen) atoms. The molecule has 4 heterocycles. The molecule has 178 valence electrons. The van der Waals surface area contributed by atoms with Crippen molar-refractivity contribution < 1.29 is 23.8 Å². The maximum atomic E-state index is 14.9. The van der Waals surface area contributed by atoms with Crippen molar-refractivity contribution in [3.05, 3.63) is 34.9 Å². The van der Waals surface area contributed by atoms with Gasteiger partial charge in [0, 0.05) is 32.6 Å². The number of hydrogen-bond donors (Lipinski definition) is 2. The van der Waals surface area contributed by atoms with E-state index in [0.717, 1.165) is 25.9 Å². The van der Waals surface area contributed by atoms with Crippen molar-refractivity contribution in [2.45, 2.75) is 38.0 Å². The predicted octanol–water partition coefficient (Wildman–Crippen LogP) is 0.721. The number of likely N-dealkylation sites (N-methyl/N-ethyl adjacent to an activating group) is 1. The van der Waals surface area contributed by atoms with Crippen LogP contribution in [0.15, 0.2) is 12.1 Å².